The summed E-state index contributed by atoms with van der Waals surface area (Å²) in [6.45, 7) is 0. The number of hydrogen-bond donors (Lipinski definition) is 3. The second-order valence-electron chi connectivity index (χ2n) is 5.64. The summed E-state index contributed by atoms with van der Waals surface area (Å²) >= 11 is 0. The van der Waals surface area contributed by atoms with Crippen LogP contribution < -0.4 is 16.6 Å². The summed E-state index contributed by atoms with van der Waals surface area (Å²) in [5.41, 5.74) is 9.12. The molecule has 0 atom stereocenters. The molecule has 0 aliphatic carbocycles. The molecule has 0 aliphatic rings. The minimum atomic E-state index is -0.474. The minimum absolute atomic E-state index is 0.187. The highest BCUT2D eigenvalue weighted by Crippen LogP contribution is 2.26. The van der Waals surface area contributed by atoms with Gasteiger partial charge in [-0.25, -0.2) is 9.50 Å². The summed E-state index contributed by atoms with van der Waals surface area (Å²) in [6.07, 6.45) is 3.04. The maximum absolute atomic E-state index is 11.6. The Morgan fingerprint density at radius 3 is 2.65 bits per heavy atom. The number of fused-ring (bicyclic) bond motifs is 1. The van der Waals surface area contributed by atoms with E-state index in [0.717, 1.165) is 22.6 Å². The molecule has 0 saturated heterocycles. The first-order valence-corrected chi connectivity index (χ1v) is 7.80. The van der Waals surface area contributed by atoms with Gasteiger partial charge in [0.25, 0.3) is 0 Å². The topological polar surface area (TPSA) is 118 Å². The van der Waals surface area contributed by atoms with Gasteiger partial charge in [-0.15, -0.1) is 0 Å². The molecule has 1 aromatic carbocycles. The van der Waals surface area contributed by atoms with Gasteiger partial charge in [0.2, 0.25) is 11.5 Å². The van der Waals surface area contributed by atoms with Crippen molar-refractivity contribution in [3.63, 3.8) is 0 Å². The Morgan fingerprint density at radius 1 is 1.12 bits per heavy atom. The summed E-state index contributed by atoms with van der Waals surface area (Å²) in [4.78, 5) is 29.6. The smallest absolute Gasteiger partial charge is 0.248 e. The number of rotatable bonds is 4. The van der Waals surface area contributed by atoms with Crippen LogP contribution in [0.4, 0.5) is 11.4 Å². The van der Waals surface area contributed by atoms with Crippen molar-refractivity contribution in [2.24, 2.45) is 5.73 Å². The number of carbonyl (C=O) groups excluding carboxylic acids is 1. The summed E-state index contributed by atoms with van der Waals surface area (Å²) < 4.78 is 1.66. The van der Waals surface area contributed by atoms with Crippen LogP contribution in [0.3, 0.4) is 0 Å². The van der Waals surface area contributed by atoms with Gasteiger partial charge in [-0.1, -0.05) is 0 Å². The highest BCUT2D eigenvalue weighted by atomic mass is 16.1. The van der Waals surface area contributed by atoms with Crippen molar-refractivity contribution in [1.29, 1.82) is 0 Å². The van der Waals surface area contributed by atoms with E-state index >= 15 is 0 Å². The number of benzene rings is 1. The van der Waals surface area contributed by atoms with E-state index in [1.54, 1.807) is 41.0 Å². The number of H-pyrrole nitrogens is 1. The normalized spacial score (nSPS) is 10.8. The predicted octanol–water partition coefficient (Wildman–Crippen LogP) is 1.93. The lowest BCUT2D eigenvalue weighted by Gasteiger charge is -2.10. The first-order valence-electron chi connectivity index (χ1n) is 7.80. The van der Waals surface area contributed by atoms with E-state index in [0.29, 0.717) is 11.2 Å². The highest BCUT2D eigenvalue weighted by molar-refractivity contribution is 5.93. The monoisotopic (exact) mass is 346 g/mol. The molecule has 26 heavy (non-hydrogen) atoms. The van der Waals surface area contributed by atoms with Crippen LogP contribution in [-0.4, -0.2) is 25.5 Å². The molecule has 1 amide bonds. The van der Waals surface area contributed by atoms with Gasteiger partial charge < -0.3 is 16.0 Å². The van der Waals surface area contributed by atoms with Crippen molar-refractivity contribution in [2.75, 3.05) is 5.32 Å². The van der Waals surface area contributed by atoms with Gasteiger partial charge in [-0.3, -0.25) is 9.59 Å². The molecular formula is C18H14N6O2. The average molecular weight is 346 g/mol. The zero-order chi connectivity index (χ0) is 18.1. The number of amides is 1. The minimum Gasteiger partial charge on any atom is -0.366 e. The zero-order valence-electron chi connectivity index (χ0n) is 13.5. The molecule has 8 nitrogen and oxygen atoms in total. The van der Waals surface area contributed by atoms with Crippen molar-refractivity contribution >= 4 is 22.9 Å². The number of hydrogen-bond acceptors (Lipinski definition) is 5. The van der Waals surface area contributed by atoms with Crippen LogP contribution in [0.1, 0.15) is 10.4 Å². The average Bonchev–Trinajstić information content (AvgIpc) is 3.12. The molecule has 0 radical (unpaired) electrons. The van der Waals surface area contributed by atoms with Crippen LogP contribution in [-0.2, 0) is 0 Å². The van der Waals surface area contributed by atoms with Gasteiger partial charge in [-0.05, 0) is 42.5 Å². The molecule has 128 valence electrons. The van der Waals surface area contributed by atoms with Crippen molar-refractivity contribution in [3.05, 3.63) is 77.0 Å². The molecule has 0 spiro atoms. The van der Waals surface area contributed by atoms with E-state index in [4.69, 9.17) is 5.73 Å². The van der Waals surface area contributed by atoms with Gasteiger partial charge >= 0.3 is 0 Å². The fourth-order valence-electron chi connectivity index (χ4n) is 2.70. The van der Waals surface area contributed by atoms with Gasteiger partial charge in [0, 0.05) is 29.1 Å². The van der Waals surface area contributed by atoms with Crippen molar-refractivity contribution in [2.45, 2.75) is 0 Å². The fraction of sp³-hybridized carbons (Fsp3) is 0. The summed E-state index contributed by atoms with van der Waals surface area (Å²) in [5.74, 6) is -0.474. The summed E-state index contributed by atoms with van der Waals surface area (Å²) in [7, 11) is 0. The number of anilines is 2. The standard InChI is InChI=1S/C18H14N6O2/c19-17(26)11-1-3-13(4-2-11)23-14-5-6-15(24-18(14)21-10-22-24)12-7-8-20-16(25)9-12/h1-10,23H,(H2,19,26)(H,20,25). The SMILES string of the molecule is NC(=O)c1ccc(Nc2ccc(-c3cc[nH]c(=O)c3)n3ncnc23)cc1. The third-order valence-corrected chi connectivity index (χ3v) is 3.94. The molecule has 4 rings (SSSR count). The van der Waals surface area contributed by atoms with Crippen LogP contribution in [0.5, 0.6) is 0 Å². The van der Waals surface area contributed by atoms with E-state index in [9.17, 15) is 9.59 Å². The van der Waals surface area contributed by atoms with Crippen LogP contribution in [0.15, 0.2) is 65.8 Å². The number of primary amides is 1. The Kier molecular flexibility index (Phi) is 3.70. The second-order valence-corrected chi connectivity index (χ2v) is 5.64. The number of nitrogens with two attached hydrogens (primary N) is 1. The van der Waals surface area contributed by atoms with Gasteiger partial charge in [0.1, 0.15) is 6.33 Å². The van der Waals surface area contributed by atoms with Crippen molar-refractivity contribution in [1.82, 2.24) is 19.6 Å². The Labute approximate surface area is 147 Å². The molecule has 0 fully saturated rings. The van der Waals surface area contributed by atoms with Crippen molar-refractivity contribution < 1.29 is 4.79 Å². The lowest BCUT2D eigenvalue weighted by Crippen LogP contribution is -2.10. The molecule has 4 aromatic rings. The molecule has 8 heteroatoms. The second kappa shape index (κ2) is 6.17. The lowest BCUT2D eigenvalue weighted by atomic mass is 10.1. The predicted molar refractivity (Wildman–Crippen MR) is 97.3 cm³/mol. The summed E-state index contributed by atoms with van der Waals surface area (Å²) in [6, 6.07) is 13.8. The van der Waals surface area contributed by atoms with Gasteiger partial charge in [0.15, 0.2) is 5.65 Å². The molecule has 0 unspecified atom stereocenters. The summed E-state index contributed by atoms with van der Waals surface area (Å²) in [5, 5.41) is 7.50. The molecule has 0 aliphatic heterocycles. The molecule has 0 bridgehead atoms. The number of aromatic amines is 1. The number of nitrogens with zero attached hydrogens (tertiary/aromatic N) is 3. The van der Waals surface area contributed by atoms with Gasteiger partial charge in [-0.2, -0.15) is 5.10 Å². The first kappa shape index (κ1) is 15.6. The first-order chi connectivity index (χ1) is 12.6. The van der Waals surface area contributed by atoms with Crippen LogP contribution >= 0.6 is 0 Å². The fourth-order valence-corrected chi connectivity index (χ4v) is 2.70. The third-order valence-electron chi connectivity index (χ3n) is 3.94. The maximum atomic E-state index is 11.6. The number of aromatic nitrogens is 4. The van der Waals surface area contributed by atoms with Gasteiger partial charge in [0.05, 0.1) is 11.4 Å². The Bertz CT molecular complexity index is 1160. The molecule has 3 heterocycles. The maximum Gasteiger partial charge on any atom is 0.248 e. The van der Waals surface area contributed by atoms with E-state index in [-0.39, 0.29) is 5.56 Å². The molecule has 0 saturated carbocycles. The Hall–Kier alpha value is -3.94. The number of nitrogens with one attached hydrogen (secondary N) is 2. The van der Waals surface area contributed by atoms with Crippen LogP contribution in [0, 0.1) is 0 Å². The number of carbonyl (C=O) groups is 1. The number of pyridine rings is 2. The van der Waals surface area contributed by atoms with Crippen LogP contribution in [0.2, 0.25) is 0 Å². The lowest BCUT2D eigenvalue weighted by molar-refractivity contribution is 0.100. The molecular weight excluding hydrogens is 332 g/mol. The van der Waals surface area contributed by atoms with E-state index in [1.165, 1.54) is 12.4 Å². The van der Waals surface area contributed by atoms with E-state index < -0.39 is 5.91 Å². The highest BCUT2D eigenvalue weighted by Gasteiger charge is 2.11. The Morgan fingerprint density at radius 2 is 1.92 bits per heavy atom. The third kappa shape index (κ3) is 2.80. The molecule has 4 N–H and O–H groups in total. The zero-order valence-corrected chi connectivity index (χ0v) is 13.5. The van der Waals surface area contributed by atoms with E-state index in [2.05, 4.69) is 20.4 Å². The quantitative estimate of drug-likeness (QED) is 0.522. The Balaban J connectivity index is 1.74. The molecule has 3 aromatic heterocycles. The largest absolute Gasteiger partial charge is 0.366 e. The van der Waals surface area contributed by atoms with Crippen LogP contribution in [0.25, 0.3) is 16.9 Å². The van der Waals surface area contributed by atoms with Crippen molar-refractivity contribution in [3.8, 4) is 11.3 Å². The van der Waals surface area contributed by atoms with E-state index in [1.807, 2.05) is 12.1 Å².